The molecule has 19 heavy (non-hydrogen) atoms. The molecule has 0 atom stereocenters. The van der Waals surface area contributed by atoms with Gasteiger partial charge in [0.1, 0.15) is 23.8 Å². The van der Waals surface area contributed by atoms with Crippen molar-refractivity contribution < 1.29 is 13.5 Å². The van der Waals surface area contributed by atoms with Crippen LogP contribution < -0.4 is 10.1 Å². The first kappa shape index (κ1) is 13.2. The lowest BCUT2D eigenvalue weighted by atomic mass is 10.2. The quantitative estimate of drug-likeness (QED) is 0.903. The molecular formula is C13H13F2N3O. The highest BCUT2D eigenvalue weighted by Crippen LogP contribution is 2.14. The van der Waals surface area contributed by atoms with Gasteiger partial charge in [0.2, 0.25) is 5.88 Å². The van der Waals surface area contributed by atoms with Crippen molar-refractivity contribution in [2.75, 3.05) is 11.9 Å². The zero-order chi connectivity index (χ0) is 13.7. The van der Waals surface area contributed by atoms with E-state index in [2.05, 4.69) is 15.3 Å². The van der Waals surface area contributed by atoms with Crippen molar-refractivity contribution in [1.82, 2.24) is 9.97 Å². The van der Waals surface area contributed by atoms with Gasteiger partial charge in [-0.3, -0.25) is 0 Å². The first-order valence-corrected chi connectivity index (χ1v) is 5.81. The van der Waals surface area contributed by atoms with E-state index in [0.717, 1.165) is 6.07 Å². The fourth-order valence-corrected chi connectivity index (χ4v) is 1.51. The highest BCUT2D eigenvalue weighted by molar-refractivity contribution is 5.38. The van der Waals surface area contributed by atoms with Crippen molar-refractivity contribution in [3.63, 3.8) is 0 Å². The molecule has 0 saturated heterocycles. The van der Waals surface area contributed by atoms with Crippen LogP contribution in [-0.4, -0.2) is 16.6 Å². The van der Waals surface area contributed by atoms with Crippen molar-refractivity contribution in [2.24, 2.45) is 0 Å². The monoisotopic (exact) mass is 265 g/mol. The van der Waals surface area contributed by atoms with E-state index >= 15 is 0 Å². The molecule has 1 heterocycles. The van der Waals surface area contributed by atoms with Gasteiger partial charge in [-0.1, -0.05) is 6.07 Å². The fraction of sp³-hybridized carbons (Fsp3) is 0.231. The van der Waals surface area contributed by atoms with Crippen molar-refractivity contribution in [3.05, 3.63) is 47.8 Å². The summed E-state index contributed by atoms with van der Waals surface area (Å²) in [5.41, 5.74) is 0.359. The van der Waals surface area contributed by atoms with Crippen LogP contribution in [0.15, 0.2) is 30.6 Å². The van der Waals surface area contributed by atoms with Crippen LogP contribution in [0.5, 0.6) is 5.88 Å². The van der Waals surface area contributed by atoms with Crippen LogP contribution >= 0.6 is 0 Å². The van der Waals surface area contributed by atoms with E-state index in [1.54, 1.807) is 6.07 Å². The first-order chi connectivity index (χ1) is 9.19. The predicted octanol–water partition coefficient (Wildman–Crippen LogP) is 2.77. The molecule has 1 N–H and O–H groups in total. The normalized spacial score (nSPS) is 10.3. The maximum absolute atomic E-state index is 13.4. The number of benzene rings is 1. The zero-order valence-electron chi connectivity index (χ0n) is 10.4. The number of rotatable bonds is 5. The van der Waals surface area contributed by atoms with Crippen LogP contribution in [0, 0.1) is 11.6 Å². The van der Waals surface area contributed by atoms with Crippen LogP contribution in [0.25, 0.3) is 0 Å². The molecule has 0 aliphatic heterocycles. The molecule has 0 unspecified atom stereocenters. The van der Waals surface area contributed by atoms with E-state index < -0.39 is 11.6 Å². The number of anilines is 1. The van der Waals surface area contributed by atoms with E-state index in [1.165, 1.54) is 18.5 Å². The van der Waals surface area contributed by atoms with Gasteiger partial charge >= 0.3 is 0 Å². The third kappa shape index (κ3) is 3.61. The standard InChI is InChI=1S/C13H13F2N3O/c1-2-19-13-6-12(17-8-18-13)16-7-9-3-4-10(14)5-11(9)15/h3-6,8H,2,7H2,1H3,(H,16,17,18). The molecule has 0 amide bonds. The molecule has 100 valence electrons. The predicted molar refractivity (Wildman–Crippen MR) is 66.9 cm³/mol. The van der Waals surface area contributed by atoms with Gasteiger partial charge in [0.15, 0.2) is 0 Å². The lowest BCUT2D eigenvalue weighted by Gasteiger charge is -2.08. The van der Waals surface area contributed by atoms with Crippen LogP contribution in [0.4, 0.5) is 14.6 Å². The first-order valence-electron chi connectivity index (χ1n) is 5.81. The minimum absolute atomic E-state index is 0.203. The van der Waals surface area contributed by atoms with Gasteiger partial charge in [0.25, 0.3) is 0 Å². The molecule has 0 fully saturated rings. The van der Waals surface area contributed by atoms with E-state index in [9.17, 15) is 8.78 Å². The van der Waals surface area contributed by atoms with Gasteiger partial charge in [-0.05, 0) is 13.0 Å². The van der Waals surface area contributed by atoms with Crippen LogP contribution in [0.1, 0.15) is 12.5 Å². The third-order valence-corrected chi connectivity index (χ3v) is 2.41. The second-order valence-electron chi connectivity index (χ2n) is 3.76. The number of hydrogen-bond donors (Lipinski definition) is 1. The van der Waals surface area contributed by atoms with Crippen LogP contribution in [-0.2, 0) is 6.54 Å². The lowest BCUT2D eigenvalue weighted by Crippen LogP contribution is -2.04. The summed E-state index contributed by atoms with van der Waals surface area (Å²) in [6, 6.07) is 5.07. The fourth-order valence-electron chi connectivity index (χ4n) is 1.51. The van der Waals surface area contributed by atoms with E-state index in [0.29, 0.717) is 23.9 Å². The van der Waals surface area contributed by atoms with Crippen molar-refractivity contribution >= 4 is 5.82 Å². The molecule has 1 aromatic carbocycles. The van der Waals surface area contributed by atoms with E-state index in [1.807, 2.05) is 6.92 Å². The van der Waals surface area contributed by atoms with Crippen LogP contribution in [0.2, 0.25) is 0 Å². The molecular weight excluding hydrogens is 252 g/mol. The highest BCUT2D eigenvalue weighted by atomic mass is 19.1. The summed E-state index contributed by atoms with van der Waals surface area (Å²) < 4.78 is 31.4. The number of nitrogens with zero attached hydrogens (tertiary/aromatic N) is 2. The Labute approximate surface area is 109 Å². The Bertz CT molecular complexity index is 563. The minimum Gasteiger partial charge on any atom is -0.478 e. The van der Waals surface area contributed by atoms with Gasteiger partial charge in [-0.2, -0.15) is 0 Å². The average Bonchev–Trinajstić information content (AvgIpc) is 2.38. The molecule has 0 bridgehead atoms. The molecule has 0 aliphatic rings. The Balaban J connectivity index is 2.03. The smallest absolute Gasteiger partial charge is 0.218 e. The number of ether oxygens (including phenoxy) is 1. The summed E-state index contributed by atoms with van der Waals surface area (Å²) in [5, 5.41) is 2.93. The molecule has 2 rings (SSSR count). The summed E-state index contributed by atoms with van der Waals surface area (Å²) in [6.07, 6.45) is 1.36. The topological polar surface area (TPSA) is 47.0 Å². The second kappa shape index (κ2) is 6.08. The van der Waals surface area contributed by atoms with Gasteiger partial charge < -0.3 is 10.1 Å². The Kier molecular flexibility index (Phi) is 4.22. The Morgan fingerprint density at radius 2 is 2.05 bits per heavy atom. The lowest BCUT2D eigenvalue weighted by molar-refractivity contribution is 0.326. The third-order valence-electron chi connectivity index (χ3n) is 2.41. The summed E-state index contributed by atoms with van der Waals surface area (Å²) in [6.45, 7) is 2.56. The molecule has 0 aliphatic carbocycles. The maximum Gasteiger partial charge on any atom is 0.218 e. The summed E-state index contributed by atoms with van der Waals surface area (Å²) in [4.78, 5) is 7.90. The van der Waals surface area contributed by atoms with Crippen molar-refractivity contribution in [2.45, 2.75) is 13.5 Å². The summed E-state index contributed by atoms with van der Waals surface area (Å²) >= 11 is 0. The number of halogens is 2. The number of hydrogen-bond acceptors (Lipinski definition) is 4. The van der Waals surface area contributed by atoms with Gasteiger partial charge in [0.05, 0.1) is 6.61 Å². The average molecular weight is 265 g/mol. The minimum atomic E-state index is -0.595. The molecule has 1 aromatic heterocycles. The van der Waals surface area contributed by atoms with Crippen molar-refractivity contribution in [1.29, 1.82) is 0 Å². The highest BCUT2D eigenvalue weighted by Gasteiger charge is 2.04. The summed E-state index contributed by atoms with van der Waals surface area (Å²) in [5.74, 6) is -0.227. The molecule has 4 nitrogen and oxygen atoms in total. The maximum atomic E-state index is 13.4. The van der Waals surface area contributed by atoms with Gasteiger partial charge in [-0.15, -0.1) is 0 Å². The summed E-state index contributed by atoms with van der Waals surface area (Å²) in [7, 11) is 0. The van der Waals surface area contributed by atoms with E-state index in [-0.39, 0.29) is 6.54 Å². The Morgan fingerprint density at radius 1 is 1.21 bits per heavy atom. The zero-order valence-corrected chi connectivity index (χ0v) is 10.4. The van der Waals surface area contributed by atoms with Crippen molar-refractivity contribution in [3.8, 4) is 5.88 Å². The second-order valence-corrected chi connectivity index (χ2v) is 3.76. The Morgan fingerprint density at radius 3 is 2.79 bits per heavy atom. The number of aromatic nitrogens is 2. The number of nitrogens with one attached hydrogen (secondary N) is 1. The largest absolute Gasteiger partial charge is 0.478 e. The van der Waals surface area contributed by atoms with Gasteiger partial charge in [0, 0.05) is 24.2 Å². The van der Waals surface area contributed by atoms with Gasteiger partial charge in [-0.25, -0.2) is 18.7 Å². The molecule has 0 spiro atoms. The molecule has 0 radical (unpaired) electrons. The SMILES string of the molecule is CCOc1cc(NCc2ccc(F)cc2F)ncn1. The molecule has 2 aromatic rings. The molecule has 6 heteroatoms. The van der Waals surface area contributed by atoms with E-state index in [4.69, 9.17) is 4.74 Å². The Hall–Kier alpha value is -2.24. The molecule has 0 saturated carbocycles. The van der Waals surface area contributed by atoms with Crippen LogP contribution in [0.3, 0.4) is 0 Å².